The minimum Gasteiger partial charge on any atom is -0.506 e. The van der Waals surface area contributed by atoms with Gasteiger partial charge in [-0.15, -0.1) is 0 Å². The van der Waals surface area contributed by atoms with E-state index in [2.05, 4.69) is 6.92 Å². The summed E-state index contributed by atoms with van der Waals surface area (Å²) in [5, 5.41) is 12.0. The number of rotatable bonds is 1. The number of hydrogen-bond donors (Lipinski definition) is 2. The van der Waals surface area contributed by atoms with Gasteiger partial charge in [-0.25, -0.2) is 0 Å². The number of nitrogens with two attached hydrogens (primary N) is 1. The molecule has 1 heterocycles. The summed E-state index contributed by atoms with van der Waals surface area (Å²) in [5.74, 6) is 0.352. The van der Waals surface area contributed by atoms with Crippen LogP contribution in [-0.4, -0.2) is 35.0 Å². The van der Waals surface area contributed by atoms with Crippen LogP contribution < -0.4 is 5.73 Å². The summed E-state index contributed by atoms with van der Waals surface area (Å²) in [6.07, 6.45) is 0.904. The van der Waals surface area contributed by atoms with Crippen LogP contribution in [0.1, 0.15) is 23.7 Å². The van der Waals surface area contributed by atoms with Gasteiger partial charge in [0.15, 0.2) is 0 Å². The monoisotopic (exact) mass is 284 g/mol. The van der Waals surface area contributed by atoms with Crippen LogP contribution in [0.15, 0.2) is 36.4 Å². The number of carbonyl (C=O) groups is 1. The first-order valence-electron chi connectivity index (χ1n) is 7.33. The van der Waals surface area contributed by atoms with Gasteiger partial charge in [0.25, 0.3) is 5.91 Å². The SMILES string of the molecule is CC1CCN(C(=O)c2ccc3ccccc3c2O)CC1N. The maximum Gasteiger partial charge on any atom is 0.257 e. The molecule has 2 unspecified atom stereocenters. The maximum absolute atomic E-state index is 12.6. The number of phenolic OH excluding ortho intramolecular Hbond substituents is 1. The van der Waals surface area contributed by atoms with Crippen molar-refractivity contribution >= 4 is 16.7 Å². The molecular formula is C17H20N2O2. The van der Waals surface area contributed by atoms with Crippen LogP contribution in [0.4, 0.5) is 0 Å². The highest BCUT2D eigenvalue weighted by Gasteiger charge is 2.28. The van der Waals surface area contributed by atoms with Gasteiger partial charge in [-0.2, -0.15) is 0 Å². The summed E-state index contributed by atoms with van der Waals surface area (Å²) in [5.41, 5.74) is 6.41. The van der Waals surface area contributed by atoms with Crippen LogP contribution in [0.25, 0.3) is 10.8 Å². The van der Waals surface area contributed by atoms with Gasteiger partial charge in [-0.3, -0.25) is 4.79 Å². The molecule has 1 amide bonds. The number of likely N-dealkylation sites (tertiary alicyclic amines) is 1. The number of benzene rings is 2. The molecule has 3 rings (SSSR count). The molecule has 0 spiro atoms. The summed E-state index contributed by atoms with van der Waals surface area (Å²) < 4.78 is 0. The van der Waals surface area contributed by atoms with Crippen LogP contribution in [-0.2, 0) is 0 Å². The smallest absolute Gasteiger partial charge is 0.257 e. The Morgan fingerprint density at radius 2 is 2.05 bits per heavy atom. The van der Waals surface area contributed by atoms with Crippen LogP contribution in [0.5, 0.6) is 5.75 Å². The highest BCUT2D eigenvalue weighted by molar-refractivity contribution is 6.03. The molecule has 1 fully saturated rings. The lowest BCUT2D eigenvalue weighted by Crippen LogP contribution is -2.49. The first-order valence-corrected chi connectivity index (χ1v) is 7.33. The number of nitrogens with zero attached hydrogens (tertiary/aromatic N) is 1. The molecule has 2 aromatic rings. The number of hydrogen-bond acceptors (Lipinski definition) is 3. The van der Waals surface area contributed by atoms with Crippen molar-refractivity contribution < 1.29 is 9.90 Å². The van der Waals surface area contributed by atoms with E-state index in [4.69, 9.17) is 5.73 Å². The van der Waals surface area contributed by atoms with Crippen LogP contribution in [0, 0.1) is 5.92 Å². The molecule has 1 aliphatic heterocycles. The molecule has 4 nitrogen and oxygen atoms in total. The van der Waals surface area contributed by atoms with Gasteiger partial charge in [-0.05, 0) is 23.8 Å². The van der Waals surface area contributed by atoms with Gasteiger partial charge in [0.1, 0.15) is 5.75 Å². The number of phenols is 1. The Balaban J connectivity index is 1.93. The molecule has 0 saturated carbocycles. The lowest BCUT2D eigenvalue weighted by molar-refractivity contribution is 0.0669. The van der Waals surface area contributed by atoms with E-state index in [0.717, 1.165) is 11.8 Å². The number of fused-ring (bicyclic) bond motifs is 1. The topological polar surface area (TPSA) is 66.6 Å². The van der Waals surface area contributed by atoms with E-state index in [1.807, 2.05) is 30.3 Å². The molecule has 0 aromatic heterocycles. The Labute approximate surface area is 124 Å². The Morgan fingerprint density at radius 1 is 1.29 bits per heavy atom. The summed E-state index contributed by atoms with van der Waals surface area (Å²) in [7, 11) is 0. The lowest BCUT2D eigenvalue weighted by Gasteiger charge is -2.35. The van der Waals surface area contributed by atoms with E-state index >= 15 is 0 Å². The average Bonchev–Trinajstić information content (AvgIpc) is 2.50. The second kappa shape index (κ2) is 5.37. The molecule has 2 atom stereocenters. The van der Waals surface area contributed by atoms with E-state index in [0.29, 0.717) is 30.0 Å². The molecule has 1 saturated heterocycles. The fraction of sp³-hybridized carbons (Fsp3) is 0.353. The van der Waals surface area contributed by atoms with Crippen molar-refractivity contribution in [1.29, 1.82) is 0 Å². The average molecular weight is 284 g/mol. The van der Waals surface area contributed by atoms with Gasteiger partial charge in [0, 0.05) is 24.5 Å². The first kappa shape index (κ1) is 13.9. The fourth-order valence-electron chi connectivity index (χ4n) is 2.88. The number of aromatic hydroxyl groups is 1. The number of piperidine rings is 1. The van der Waals surface area contributed by atoms with Gasteiger partial charge >= 0.3 is 0 Å². The van der Waals surface area contributed by atoms with Crippen molar-refractivity contribution in [3.63, 3.8) is 0 Å². The molecule has 1 aliphatic rings. The highest BCUT2D eigenvalue weighted by atomic mass is 16.3. The van der Waals surface area contributed by atoms with Crippen molar-refractivity contribution in [1.82, 2.24) is 4.90 Å². The summed E-state index contributed by atoms with van der Waals surface area (Å²) in [4.78, 5) is 14.4. The van der Waals surface area contributed by atoms with Crippen LogP contribution >= 0.6 is 0 Å². The zero-order chi connectivity index (χ0) is 15.0. The van der Waals surface area contributed by atoms with Crippen molar-refractivity contribution in [2.45, 2.75) is 19.4 Å². The zero-order valence-electron chi connectivity index (χ0n) is 12.1. The molecule has 21 heavy (non-hydrogen) atoms. The number of carbonyl (C=O) groups excluding carboxylic acids is 1. The zero-order valence-corrected chi connectivity index (χ0v) is 12.1. The Morgan fingerprint density at radius 3 is 2.81 bits per heavy atom. The predicted molar refractivity (Wildman–Crippen MR) is 83.3 cm³/mol. The van der Waals surface area contributed by atoms with E-state index in [9.17, 15) is 9.90 Å². The summed E-state index contributed by atoms with van der Waals surface area (Å²) in [6.45, 7) is 3.35. The number of amides is 1. The Kier molecular flexibility index (Phi) is 3.55. The van der Waals surface area contributed by atoms with Gasteiger partial charge < -0.3 is 15.7 Å². The molecule has 110 valence electrons. The van der Waals surface area contributed by atoms with E-state index < -0.39 is 0 Å². The third-order valence-electron chi connectivity index (χ3n) is 4.43. The van der Waals surface area contributed by atoms with Crippen molar-refractivity contribution in [2.75, 3.05) is 13.1 Å². The van der Waals surface area contributed by atoms with E-state index in [1.54, 1.807) is 11.0 Å². The summed E-state index contributed by atoms with van der Waals surface area (Å²) in [6, 6.07) is 11.1. The quantitative estimate of drug-likeness (QED) is 0.844. The molecule has 3 N–H and O–H groups in total. The third kappa shape index (κ3) is 2.47. The Bertz CT molecular complexity index is 684. The summed E-state index contributed by atoms with van der Waals surface area (Å²) >= 11 is 0. The van der Waals surface area contributed by atoms with E-state index in [-0.39, 0.29) is 17.7 Å². The fourth-order valence-corrected chi connectivity index (χ4v) is 2.88. The molecule has 2 aromatic carbocycles. The maximum atomic E-state index is 12.6. The van der Waals surface area contributed by atoms with Gasteiger partial charge in [0.05, 0.1) is 5.56 Å². The minimum atomic E-state index is -0.138. The molecule has 4 heteroatoms. The minimum absolute atomic E-state index is 0.00491. The molecule has 0 aliphatic carbocycles. The lowest BCUT2D eigenvalue weighted by atomic mass is 9.93. The third-order valence-corrected chi connectivity index (χ3v) is 4.43. The molecule has 0 radical (unpaired) electrons. The van der Waals surface area contributed by atoms with Crippen LogP contribution in [0.3, 0.4) is 0 Å². The second-order valence-corrected chi connectivity index (χ2v) is 5.86. The van der Waals surface area contributed by atoms with Crippen molar-refractivity contribution in [3.05, 3.63) is 42.0 Å². The van der Waals surface area contributed by atoms with Gasteiger partial charge in [-0.1, -0.05) is 37.3 Å². The highest BCUT2D eigenvalue weighted by Crippen LogP contribution is 2.30. The van der Waals surface area contributed by atoms with Gasteiger partial charge in [0.2, 0.25) is 0 Å². The van der Waals surface area contributed by atoms with E-state index in [1.165, 1.54) is 0 Å². The van der Waals surface area contributed by atoms with Crippen LogP contribution in [0.2, 0.25) is 0 Å². The molecular weight excluding hydrogens is 264 g/mol. The van der Waals surface area contributed by atoms with Crippen molar-refractivity contribution in [2.24, 2.45) is 11.7 Å². The second-order valence-electron chi connectivity index (χ2n) is 5.86. The standard InChI is InChI=1S/C17H20N2O2/c1-11-8-9-19(10-15(11)18)17(21)14-7-6-12-4-2-3-5-13(12)16(14)20/h2-7,11,15,20H,8-10,18H2,1H3. The Hall–Kier alpha value is -2.07. The first-order chi connectivity index (χ1) is 10.1. The molecule has 0 bridgehead atoms. The predicted octanol–water partition coefficient (Wildman–Crippen LogP) is 2.35. The van der Waals surface area contributed by atoms with Crippen molar-refractivity contribution in [3.8, 4) is 5.75 Å². The largest absolute Gasteiger partial charge is 0.506 e. The normalized spacial score (nSPS) is 22.5.